The fourth-order valence-corrected chi connectivity index (χ4v) is 3.79. The molecule has 2 amide bonds. The summed E-state index contributed by atoms with van der Waals surface area (Å²) in [5, 5.41) is 4.26. The van der Waals surface area contributed by atoms with E-state index in [9.17, 15) is 9.59 Å². The van der Waals surface area contributed by atoms with Crippen molar-refractivity contribution < 1.29 is 9.59 Å². The maximum absolute atomic E-state index is 13.3. The Morgan fingerprint density at radius 2 is 2.00 bits per heavy atom. The fourth-order valence-electron chi connectivity index (χ4n) is 3.79. The van der Waals surface area contributed by atoms with Crippen LogP contribution in [0.15, 0.2) is 55.1 Å². The van der Waals surface area contributed by atoms with E-state index < -0.39 is 5.91 Å². The SMILES string of the molecule is NC(=O)Cn1ccnc1C1CCCN(C(=O)c2ccccc2-n2cccn2)C1. The number of imidazole rings is 1. The number of piperidine rings is 1. The lowest BCUT2D eigenvalue weighted by atomic mass is 9.96. The zero-order valence-corrected chi connectivity index (χ0v) is 15.4. The van der Waals surface area contributed by atoms with E-state index in [0.29, 0.717) is 18.7 Å². The van der Waals surface area contributed by atoms with Crippen LogP contribution < -0.4 is 5.73 Å². The maximum atomic E-state index is 13.3. The van der Waals surface area contributed by atoms with Crippen LogP contribution in [0.4, 0.5) is 0 Å². The van der Waals surface area contributed by atoms with E-state index in [1.807, 2.05) is 41.4 Å². The molecule has 8 nitrogen and oxygen atoms in total. The van der Waals surface area contributed by atoms with Crippen LogP contribution in [0.1, 0.15) is 34.9 Å². The van der Waals surface area contributed by atoms with Gasteiger partial charge in [-0.1, -0.05) is 12.1 Å². The van der Waals surface area contributed by atoms with Gasteiger partial charge in [0.05, 0.1) is 11.3 Å². The zero-order valence-electron chi connectivity index (χ0n) is 15.4. The van der Waals surface area contributed by atoms with Crippen molar-refractivity contribution in [2.24, 2.45) is 5.73 Å². The number of hydrogen-bond acceptors (Lipinski definition) is 4. The number of nitrogens with zero attached hydrogens (tertiary/aromatic N) is 5. The Balaban J connectivity index is 1.57. The molecule has 0 radical (unpaired) electrons. The van der Waals surface area contributed by atoms with Crippen LogP contribution >= 0.6 is 0 Å². The first kappa shape index (κ1) is 18.0. The summed E-state index contributed by atoms with van der Waals surface area (Å²) >= 11 is 0. The number of para-hydroxylation sites is 1. The molecule has 1 saturated heterocycles. The van der Waals surface area contributed by atoms with Crippen molar-refractivity contribution in [3.63, 3.8) is 0 Å². The average molecular weight is 378 g/mol. The molecule has 1 aliphatic rings. The van der Waals surface area contributed by atoms with Crippen molar-refractivity contribution in [3.8, 4) is 5.69 Å². The smallest absolute Gasteiger partial charge is 0.256 e. The first-order valence-corrected chi connectivity index (χ1v) is 9.31. The number of aromatic nitrogens is 4. The Labute approximate surface area is 162 Å². The van der Waals surface area contributed by atoms with Crippen LogP contribution in [-0.4, -0.2) is 49.1 Å². The van der Waals surface area contributed by atoms with E-state index in [1.54, 1.807) is 27.8 Å². The molecule has 0 bridgehead atoms. The van der Waals surface area contributed by atoms with Crippen LogP contribution in [0.25, 0.3) is 5.69 Å². The molecule has 1 atom stereocenters. The highest BCUT2D eigenvalue weighted by Gasteiger charge is 2.29. The van der Waals surface area contributed by atoms with Gasteiger partial charge in [0, 0.05) is 43.8 Å². The lowest BCUT2D eigenvalue weighted by molar-refractivity contribution is -0.118. The Morgan fingerprint density at radius 1 is 1.14 bits per heavy atom. The minimum atomic E-state index is -0.406. The number of nitrogens with two attached hydrogens (primary N) is 1. The van der Waals surface area contributed by atoms with E-state index in [0.717, 1.165) is 24.4 Å². The van der Waals surface area contributed by atoms with Gasteiger partial charge in [-0.15, -0.1) is 0 Å². The van der Waals surface area contributed by atoms with Gasteiger partial charge in [0.25, 0.3) is 5.91 Å². The second kappa shape index (κ2) is 7.67. The predicted molar refractivity (Wildman–Crippen MR) is 103 cm³/mol. The minimum Gasteiger partial charge on any atom is -0.368 e. The van der Waals surface area contributed by atoms with Crippen molar-refractivity contribution in [2.75, 3.05) is 13.1 Å². The number of hydrogen-bond donors (Lipinski definition) is 1. The van der Waals surface area contributed by atoms with E-state index in [4.69, 9.17) is 5.73 Å². The van der Waals surface area contributed by atoms with Crippen molar-refractivity contribution in [3.05, 3.63) is 66.5 Å². The van der Waals surface area contributed by atoms with Gasteiger partial charge in [0.1, 0.15) is 12.4 Å². The normalized spacial score (nSPS) is 16.9. The highest BCUT2D eigenvalue weighted by Crippen LogP contribution is 2.27. The maximum Gasteiger partial charge on any atom is 0.256 e. The van der Waals surface area contributed by atoms with E-state index in [1.165, 1.54) is 0 Å². The topological polar surface area (TPSA) is 99.0 Å². The Hall–Kier alpha value is -3.42. The van der Waals surface area contributed by atoms with Gasteiger partial charge in [-0.05, 0) is 31.0 Å². The van der Waals surface area contributed by atoms with Crippen LogP contribution in [0.5, 0.6) is 0 Å². The lowest BCUT2D eigenvalue weighted by Crippen LogP contribution is -2.40. The summed E-state index contributed by atoms with van der Waals surface area (Å²) in [4.78, 5) is 30.9. The average Bonchev–Trinajstić information content (AvgIpc) is 3.39. The molecule has 0 spiro atoms. The molecule has 144 valence electrons. The van der Waals surface area contributed by atoms with E-state index in [-0.39, 0.29) is 18.4 Å². The molecule has 3 heterocycles. The fraction of sp³-hybridized carbons (Fsp3) is 0.300. The zero-order chi connectivity index (χ0) is 19.5. The van der Waals surface area contributed by atoms with E-state index >= 15 is 0 Å². The molecular weight excluding hydrogens is 356 g/mol. The number of likely N-dealkylation sites (tertiary alicyclic amines) is 1. The molecule has 1 unspecified atom stereocenters. The van der Waals surface area contributed by atoms with Crippen molar-refractivity contribution in [2.45, 2.75) is 25.3 Å². The molecule has 1 aromatic carbocycles. The van der Waals surface area contributed by atoms with Crippen LogP contribution in [0, 0.1) is 0 Å². The van der Waals surface area contributed by atoms with Crippen molar-refractivity contribution >= 4 is 11.8 Å². The van der Waals surface area contributed by atoms with Gasteiger partial charge in [-0.25, -0.2) is 9.67 Å². The summed E-state index contributed by atoms with van der Waals surface area (Å²) in [7, 11) is 0. The number of primary amides is 1. The van der Waals surface area contributed by atoms with Gasteiger partial charge in [-0.2, -0.15) is 5.10 Å². The third-order valence-electron chi connectivity index (χ3n) is 5.03. The van der Waals surface area contributed by atoms with E-state index in [2.05, 4.69) is 10.1 Å². The summed E-state index contributed by atoms with van der Waals surface area (Å²) in [6.07, 6.45) is 8.74. The molecule has 2 N–H and O–H groups in total. The summed E-state index contributed by atoms with van der Waals surface area (Å²) in [6.45, 7) is 1.35. The predicted octanol–water partition coefficient (Wildman–Crippen LogP) is 1.57. The number of benzene rings is 1. The summed E-state index contributed by atoms with van der Waals surface area (Å²) in [5.74, 6) is 0.445. The summed E-state index contributed by atoms with van der Waals surface area (Å²) in [5.41, 5.74) is 6.71. The largest absolute Gasteiger partial charge is 0.368 e. The molecule has 28 heavy (non-hydrogen) atoms. The second-order valence-corrected chi connectivity index (χ2v) is 6.94. The Morgan fingerprint density at radius 3 is 2.79 bits per heavy atom. The number of carbonyl (C=O) groups excluding carboxylic acids is 2. The monoisotopic (exact) mass is 378 g/mol. The van der Waals surface area contributed by atoms with Gasteiger partial charge >= 0.3 is 0 Å². The van der Waals surface area contributed by atoms with Crippen molar-refractivity contribution in [1.29, 1.82) is 0 Å². The Kier molecular flexibility index (Phi) is 4.92. The summed E-state index contributed by atoms with van der Waals surface area (Å²) in [6, 6.07) is 9.31. The second-order valence-electron chi connectivity index (χ2n) is 6.94. The van der Waals surface area contributed by atoms with Gasteiger partial charge in [-0.3, -0.25) is 9.59 Å². The molecule has 8 heteroatoms. The summed E-state index contributed by atoms with van der Waals surface area (Å²) < 4.78 is 3.48. The van der Waals surface area contributed by atoms with Crippen LogP contribution in [0.2, 0.25) is 0 Å². The standard InChI is InChI=1S/C20H22N6O2/c21-18(27)14-24-12-9-22-19(24)15-5-3-10-25(13-15)20(28)16-6-1-2-7-17(16)26-11-4-8-23-26/h1-2,4,6-9,11-12,15H,3,5,10,13-14H2,(H2,21,27). The Bertz CT molecular complexity index is 978. The third kappa shape index (κ3) is 3.53. The first-order chi connectivity index (χ1) is 13.6. The molecule has 2 aromatic heterocycles. The molecule has 1 fully saturated rings. The first-order valence-electron chi connectivity index (χ1n) is 9.31. The van der Waals surface area contributed by atoms with Gasteiger partial charge in [0.2, 0.25) is 5.91 Å². The molecule has 0 aliphatic carbocycles. The van der Waals surface area contributed by atoms with Crippen LogP contribution in [0.3, 0.4) is 0 Å². The number of rotatable bonds is 5. The third-order valence-corrected chi connectivity index (χ3v) is 5.03. The molecular formula is C20H22N6O2. The minimum absolute atomic E-state index is 0.0243. The lowest BCUT2D eigenvalue weighted by Gasteiger charge is -2.33. The highest BCUT2D eigenvalue weighted by molar-refractivity contribution is 5.97. The van der Waals surface area contributed by atoms with Gasteiger partial charge < -0.3 is 15.2 Å². The molecule has 0 saturated carbocycles. The molecule has 4 rings (SSSR count). The van der Waals surface area contributed by atoms with Crippen LogP contribution in [-0.2, 0) is 11.3 Å². The number of amides is 2. The highest BCUT2D eigenvalue weighted by atomic mass is 16.2. The van der Waals surface area contributed by atoms with Crippen molar-refractivity contribution in [1.82, 2.24) is 24.2 Å². The molecule has 3 aromatic rings. The molecule has 1 aliphatic heterocycles. The quantitative estimate of drug-likeness (QED) is 0.728. The number of carbonyl (C=O) groups is 2. The van der Waals surface area contributed by atoms with Gasteiger partial charge in [0.15, 0.2) is 0 Å².